The molecule has 0 radical (unpaired) electrons. The predicted molar refractivity (Wildman–Crippen MR) is 54.9 cm³/mol. The van der Waals surface area contributed by atoms with E-state index in [2.05, 4.69) is 6.07 Å². The maximum absolute atomic E-state index is 10.4. The molecule has 0 saturated carbocycles. The first-order valence-electron chi connectivity index (χ1n) is 4.47. The number of carbonyl (C=O) groups is 1. The Balaban J connectivity index is 2.29. The number of carboxylic acids is 1. The Morgan fingerprint density at radius 1 is 1.36 bits per heavy atom. The van der Waals surface area contributed by atoms with Gasteiger partial charge in [0.1, 0.15) is 0 Å². The Hall–Kier alpha value is -1.83. The minimum atomic E-state index is -0.907. The Bertz CT molecular complexity index is 428. The van der Waals surface area contributed by atoms with Crippen LogP contribution in [0.5, 0.6) is 0 Å². The third-order valence-corrected chi connectivity index (χ3v) is 2.28. The standard InChI is InChI=1S/C12H10O2/c13-12(14)8-7-10-6-5-9-3-1-2-4-11(9)10/h1-4,6-8H,5H2,(H,13,14). The van der Waals surface area contributed by atoms with Crippen molar-refractivity contribution >= 4 is 11.5 Å². The lowest BCUT2D eigenvalue weighted by molar-refractivity contribution is -0.131. The molecule has 0 bridgehead atoms. The minimum Gasteiger partial charge on any atom is -0.478 e. The zero-order valence-corrected chi connectivity index (χ0v) is 7.60. The zero-order chi connectivity index (χ0) is 9.97. The van der Waals surface area contributed by atoms with Crippen LogP contribution in [0.1, 0.15) is 11.1 Å². The van der Waals surface area contributed by atoms with Gasteiger partial charge in [0.25, 0.3) is 0 Å². The summed E-state index contributed by atoms with van der Waals surface area (Å²) in [6, 6.07) is 8.04. The first kappa shape index (κ1) is 8.75. The van der Waals surface area contributed by atoms with Crippen molar-refractivity contribution in [2.24, 2.45) is 0 Å². The normalized spacial score (nSPS) is 14.1. The summed E-state index contributed by atoms with van der Waals surface area (Å²) in [5.74, 6) is -0.907. The third kappa shape index (κ3) is 1.59. The van der Waals surface area contributed by atoms with Crippen LogP contribution < -0.4 is 0 Å². The average molecular weight is 186 g/mol. The molecule has 0 amide bonds. The van der Waals surface area contributed by atoms with Gasteiger partial charge in [0.15, 0.2) is 0 Å². The molecular formula is C12H10O2. The molecule has 0 heterocycles. The van der Waals surface area contributed by atoms with E-state index in [4.69, 9.17) is 5.11 Å². The fourth-order valence-corrected chi connectivity index (χ4v) is 1.63. The molecule has 1 aromatic rings. The molecule has 0 spiro atoms. The summed E-state index contributed by atoms with van der Waals surface area (Å²) in [7, 11) is 0. The van der Waals surface area contributed by atoms with E-state index in [0.717, 1.165) is 17.6 Å². The molecule has 0 saturated heterocycles. The molecule has 2 rings (SSSR count). The molecule has 0 fully saturated rings. The Labute approximate surface area is 82.2 Å². The van der Waals surface area contributed by atoms with E-state index >= 15 is 0 Å². The lowest BCUT2D eigenvalue weighted by Crippen LogP contribution is -1.87. The number of hydrogen-bond donors (Lipinski definition) is 1. The van der Waals surface area contributed by atoms with Crippen molar-refractivity contribution in [1.82, 2.24) is 0 Å². The predicted octanol–water partition coefficient (Wildman–Crippen LogP) is 2.27. The van der Waals surface area contributed by atoms with Gasteiger partial charge in [0.05, 0.1) is 0 Å². The summed E-state index contributed by atoms with van der Waals surface area (Å²) < 4.78 is 0. The van der Waals surface area contributed by atoms with Crippen molar-refractivity contribution in [1.29, 1.82) is 0 Å². The molecule has 1 aliphatic carbocycles. The van der Waals surface area contributed by atoms with Gasteiger partial charge in [0, 0.05) is 6.08 Å². The van der Waals surface area contributed by atoms with Crippen LogP contribution in [0.2, 0.25) is 0 Å². The fourth-order valence-electron chi connectivity index (χ4n) is 1.63. The smallest absolute Gasteiger partial charge is 0.328 e. The maximum Gasteiger partial charge on any atom is 0.328 e. The molecule has 0 aromatic heterocycles. The molecule has 1 N–H and O–H groups in total. The van der Waals surface area contributed by atoms with Crippen LogP contribution in [0, 0.1) is 0 Å². The monoisotopic (exact) mass is 186 g/mol. The molecule has 0 atom stereocenters. The lowest BCUT2D eigenvalue weighted by atomic mass is 10.1. The van der Waals surface area contributed by atoms with Gasteiger partial charge in [0.2, 0.25) is 0 Å². The van der Waals surface area contributed by atoms with Crippen molar-refractivity contribution in [2.45, 2.75) is 6.42 Å². The number of benzene rings is 1. The quantitative estimate of drug-likeness (QED) is 0.719. The van der Waals surface area contributed by atoms with Crippen molar-refractivity contribution in [3.63, 3.8) is 0 Å². The highest BCUT2D eigenvalue weighted by Gasteiger charge is 2.10. The molecule has 0 aliphatic heterocycles. The van der Waals surface area contributed by atoms with Crippen LogP contribution in [0.3, 0.4) is 0 Å². The van der Waals surface area contributed by atoms with Gasteiger partial charge in [-0.3, -0.25) is 0 Å². The van der Waals surface area contributed by atoms with E-state index in [1.54, 1.807) is 6.08 Å². The molecule has 70 valence electrons. The largest absolute Gasteiger partial charge is 0.478 e. The number of hydrogen-bond acceptors (Lipinski definition) is 1. The number of aliphatic carboxylic acids is 1. The summed E-state index contributed by atoms with van der Waals surface area (Å²) in [4.78, 5) is 10.4. The molecule has 2 nitrogen and oxygen atoms in total. The molecule has 0 unspecified atom stereocenters. The second kappa shape index (κ2) is 3.50. The number of carboxylic acid groups (broad SMARTS) is 1. The topological polar surface area (TPSA) is 37.3 Å². The highest BCUT2D eigenvalue weighted by Crippen LogP contribution is 2.27. The van der Waals surface area contributed by atoms with Crippen LogP contribution in [0.25, 0.3) is 5.57 Å². The van der Waals surface area contributed by atoms with E-state index in [0.29, 0.717) is 0 Å². The van der Waals surface area contributed by atoms with E-state index in [1.807, 2.05) is 24.3 Å². The molecule has 14 heavy (non-hydrogen) atoms. The SMILES string of the molecule is O=C(O)C=CC1=CCc2ccccc21. The van der Waals surface area contributed by atoms with Gasteiger partial charge in [-0.15, -0.1) is 0 Å². The summed E-state index contributed by atoms with van der Waals surface area (Å²) in [5.41, 5.74) is 3.41. The Morgan fingerprint density at radius 2 is 2.14 bits per heavy atom. The number of rotatable bonds is 2. The lowest BCUT2D eigenvalue weighted by Gasteiger charge is -1.99. The zero-order valence-electron chi connectivity index (χ0n) is 7.60. The summed E-state index contributed by atoms with van der Waals surface area (Å²) >= 11 is 0. The van der Waals surface area contributed by atoms with Crippen LogP contribution >= 0.6 is 0 Å². The summed E-state index contributed by atoms with van der Waals surface area (Å²) in [6.07, 6.45) is 5.77. The summed E-state index contributed by atoms with van der Waals surface area (Å²) in [5, 5.41) is 8.51. The van der Waals surface area contributed by atoms with Gasteiger partial charge < -0.3 is 5.11 Å². The number of allylic oxidation sites excluding steroid dienone is 3. The van der Waals surface area contributed by atoms with Crippen LogP contribution in [0.15, 0.2) is 42.5 Å². The fraction of sp³-hybridized carbons (Fsp3) is 0.0833. The number of fused-ring (bicyclic) bond motifs is 1. The first-order valence-corrected chi connectivity index (χ1v) is 4.47. The van der Waals surface area contributed by atoms with E-state index < -0.39 is 5.97 Å². The molecule has 2 heteroatoms. The van der Waals surface area contributed by atoms with Gasteiger partial charge in [-0.25, -0.2) is 4.79 Å². The van der Waals surface area contributed by atoms with Gasteiger partial charge >= 0.3 is 5.97 Å². The average Bonchev–Trinajstić information content (AvgIpc) is 2.58. The third-order valence-electron chi connectivity index (χ3n) is 2.28. The van der Waals surface area contributed by atoms with Crippen LogP contribution in [-0.4, -0.2) is 11.1 Å². The highest BCUT2D eigenvalue weighted by atomic mass is 16.4. The van der Waals surface area contributed by atoms with E-state index in [1.165, 1.54) is 11.6 Å². The van der Waals surface area contributed by atoms with Crippen LogP contribution in [0.4, 0.5) is 0 Å². The van der Waals surface area contributed by atoms with Crippen molar-refractivity contribution in [2.75, 3.05) is 0 Å². The van der Waals surface area contributed by atoms with Crippen molar-refractivity contribution in [3.8, 4) is 0 Å². The second-order valence-electron chi connectivity index (χ2n) is 3.19. The van der Waals surface area contributed by atoms with E-state index in [9.17, 15) is 4.79 Å². The molecular weight excluding hydrogens is 176 g/mol. The Kier molecular flexibility index (Phi) is 2.19. The Morgan fingerprint density at radius 3 is 2.93 bits per heavy atom. The summed E-state index contributed by atoms with van der Waals surface area (Å²) in [6.45, 7) is 0. The van der Waals surface area contributed by atoms with Crippen LogP contribution in [-0.2, 0) is 11.2 Å². The minimum absolute atomic E-state index is 0.898. The van der Waals surface area contributed by atoms with Gasteiger partial charge in [-0.1, -0.05) is 30.3 Å². The maximum atomic E-state index is 10.4. The van der Waals surface area contributed by atoms with Gasteiger partial charge in [-0.2, -0.15) is 0 Å². The first-order chi connectivity index (χ1) is 6.77. The highest BCUT2D eigenvalue weighted by molar-refractivity contribution is 5.87. The van der Waals surface area contributed by atoms with E-state index in [-0.39, 0.29) is 0 Å². The van der Waals surface area contributed by atoms with Gasteiger partial charge in [-0.05, 0) is 29.2 Å². The second-order valence-corrected chi connectivity index (χ2v) is 3.19. The molecule has 1 aromatic carbocycles. The molecule has 1 aliphatic rings. The van der Waals surface area contributed by atoms with Crippen molar-refractivity contribution in [3.05, 3.63) is 53.6 Å². The van der Waals surface area contributed by atoms with Crippen molar-refractivity contribution < 1.29 is 9.90 Å².